The zero-order valence-corrected chi connectivity index (χ0v) is 17.3. The Hall–Kier alpha value is -2.52. The number of nitrogens with two attached hydrogens (primary N) is 1. The van der Waals surface area contributed by atoms with Gasteiger partial charge in [-0.25, -0.2) is 0 Å². The molecule has 3 rings (SSSR count). The predicted octanol–water partition coefficient (Wildman–Crippen LogP) is 2.16. The van der Waals surface area contributed by atoms with Gasteiger partial charge in [-0.3, -0.25) is 19.7 Å². The molecule has 29 heavy (non-hydrogen) atoms. The number of rotatable bonds is 8. The minimum Gasteiger partial charge on any atom is -0.493 e. The summed E-state index contributed by atoms with van der Waals surface area (Å²) in [4.78, 5) is 38.0. The Kier molecular flexibility index (Phi) is 6.81. The zero-order chi connectivity index (χ0) is 21.0. The van der Waals surface area contributed by atoms with Crippen molar-refractivity contribution in [1.29, 1.82) is 0 Å². The summed E-state index contributed by atoms with van der Waals surface area (Å²) in [5.41, 5.74) is 7.10. The van der Waals surface area contributed by atoms with Crippen molar-refractivity contribution < 1.29 is 23.9 Å². The first-order valence-electron chi connectivity index (χ1n) is 9.42. The molecule has 8 nitrogen and oxygen atoms in total. The summed E-state index contributed by atoms with van der Waals surface area (Å²) in [5, 5.41) is 1.88. The monoisotopic (exact) mass is 419 g/mol. The van der Waals surface area contributed by atoms with Gasteiger partial charge >= 0.3 is 0 Å². The summed E-state index contributed by atoms with van der Waals surface area (Å²) in [6.07, 6.45) is 3.51. The van der Waals surface area contributed by atoms with Crippen molar-refractivity contribution in [2.24, 2.45) is 11.7 Å². The smallest absolute Gasteiger partial charge is 0.290 e. The molecule has 2 aliphatic rings. The van der Waals surface area contributed by atoms with Crippen molar-refractivity contribution in [3.05, 3.63) is 22.6 Å². The number of imide groups is 1. The third-order valence-corrected chi connectivity index (χ3v) is 5.84. The molecular weight excluding hydrogens is 394 g/mol. The molecular formula is C20H25N3O5S. The van der Waals surface area contributed by atoms with Crippen molar-refractivity contribution >= 4 is 40.5 Å². The molecule has 2 saturated heterocycles. The fraction of sp³-hybridized carbons (Fsp3) is 0.450. The summed E-state index contributed by atoms with van der Waals surface area (Å²) < 4.78 is 10.8. The first kappa shape index (κ1) is 21.2. The number of Topliss-reactive ketones (excluding diaryl/α,β-unsaturated/α-hetero) is 1. The van der Waals surface area contributed by atoms with Gasteiger partial charge in [0.1, 0.15) is 5.78 Å². The van der Waals surface area contributed by atoms with Crippen LogP contribution in [-0.4, -0.2) is 50.8 Å². The maximum Gasteiger partial charge on any atom is 0.290 e. The van der Waals surface area contributed by atoms with Crippen LogP contribution >= 0.6 is 11.8 Å². The van der Waals surface area contributed by atoms with E-state index >= 15 is 0 Å². The molecule has 0 aromatic heterocycles. The lowest BCUT2D eigenvalue weighted by Crippen LogP contribution is -2.22. The second-order valence-corrected chi connectivity index (χ2v) is 8.02. The Morgan fingerprint density at radius 3 is 2.66 bits per heavy atom. The number of carbonyl (C=O) groups excluding carboxylic acids is 3. The summed E-state index contributed by atoms with van der Waals surface area (Å²) >= 11 is 0.872. The van der Waals surface area contributed by atoms with E-state index in [0.29, 0.717) is 35.8 Å². The number of ether oxygens (including phenoxy) is 2. The Morgan fingerprint density at radius 1 is 1.31 bits per heavy atom. The van der Waals surface area contributed by atoms with Crippen molar-refractivity contribution in [3.8, 4) is 11.5 Å². The van der Waals surface area contributed by atoms with Gasteiger partial charge in [0.15, 0.2) is 11.5 Å². The maximum atomic E-state index is 12.0. The van der Waals surface area contributed by atoms with E-state index in [-0.39, 0.29) is 16.9 Å². The second-order valence-electron chi connectivity index (χ2n) is 7.00. The molecule has 1 unspecified atom stereocenters. The minimum absolute atomic E-state index is 0.187. The molecule has 9 heteroatoms. The molecule has 2 heterocycles. The average Bonchev–Trinajstić information content (AvgIpc) is 3.27. The molecule has 0 aliphatic carbocycles. The van der Waals surface area contributed by atoms with Gasteiger partial charge in [-0.05, 0) is 42.8 Å². The number of ketones is 1. The molecule has 1 aromatic rings. The summed E-state index contributed by atoms with van der Waals surface area (Å²) in [6.45, 7) is 1.88. The molecule has 0 bridgehead atoms. The number of methoxy groups -OCH3 is 2. The van der Waals surface area contributed by atoms with Crippen LogP contribution in [0.25, 0.3) is 6.08 Å². The number of thioether (sulfide) groups is 1. The van der Waals surface area contributed by atoms with Gasteiger partial charge < -0.3 is 20.1 Å². The molecule has 2 fully saturated rings. The SMILES string of the molecule is COc1cc(C=C2SC(=O)NC2=O)c(N2CCC(CC(=O)CCN)C2)cc1OC. The highest BCUT2D eigenvalue weighted by Crippen LogP contribution is 2.39. The topological polar surface area (TPSA) is 111 Å². The van der Waals surface area contributed by atoms with Crippen molar-refractivity contribution in [1.82, 2.24) is 5.32 Å². The van der Waals surface area contributed by atoms with Crippen molar-refractivity contribution in [2.45, 2.75) is 19.3 Å². The predicted molar refractivity (Wildman–Crippen MR) is 112 cm³/mol. The number of anilines is 1. The quantitative estimate of drug-likeness (QED) is 0.617. The number of nitrogens with zero attached hydrogens (tertiary/aromatic N) is 1. The third kappa shape index (κ3) is 4.91. The van der Waals surface area contributed by atoms with Crippen LogP contribution in [0, 0.1) is 5.92 Å². The van der Waals surface area contributed by atoms with E-state index in [2.05, 4.69) is 10.2 Å². The van der Waals surface area contributed by atoms with Crippen LogP contribution in [0.15, 0.2) is 17.0 Å². The number of benzene rings is 1. The van der Waals surface area contributed by atoms with Gasteiger partial charge in [0, 0.05) is 43.2 Å². The Morgan fingerprint density at radius 2 is 2.03 bits per heavy atom. The van der Waals surface area contributed by atoms with Crippen molar-refractivity contribution in [2.75, 3.05) is 38.8 Å². The minimum atomic E-state index is -0.410. The van der Waals surface area contributed by atoms with E-state index in [1.807, 2.05) is 6.07 Å². The normalized spacial score (nSPS) is 20.3. The maximum absolute atomic E-state index is 12.0. The number of hydrogen-bond donors (Lipinski definition) is 2. The lowest BCUT2D eigenvalue weighted by Gasteiger charge is -2.23. The second kappa shape index (κ2) is 9.32. The summed E-state index contributed by atoms with van der Waals surface area (Å²) in [5.74, 6) is 1.14. The Bertz CT molecular complexity index is 855. The van der Waals surface area contributed by atoms with E-state index in [1.54, 1.807) is 26.4 Å². The number of amides is 2. The number of hydrogen-bond acceptors (Lipinski definition) is 8. The van der Waals surface area contributed by atoms with Gasteiger partial charge in [0.05, 0.1) is 19.1 Å². The average molecular weight is 420 g/mol. The Labute approximate surface area is 173 Å². The van der Waals surface area contributed by atoms with Crippen LogP contribution in [-0.2, 0) is 9.59 Å². The Balaban J connectivity index is 1.91. The standard InChI is InChI=1S/C20H25N3O5S/c1-27-16-8-13(9-18-19(25)22-20(26)29-18)15(10-17(16)28-2)23-6-4-12(11-23)7-14(24)3-5-21/h8-10,12H,3-7,11,21H2,1-2H3,(H,22,25,26). The fourth-order valence-electron chi connectivity index (χ4n) is 3.64. The molecule has 0 saturated carbocycles. The third-order valence-electron chi connectivity index (χ3n) is 5.03. The van der Waals surface area contributed by atoms with E-state index < -0.39 is 5.91 Å². The highest BCUT2D eigenvalue weighted by atomic mass is 32.2. The van der Waals surface area contributed by atoms with Gasteiger partial charge in [-0.15, -0.1) is 0 Å². The number of nitrogens with one attached hydrogen (secondary N) is 1. The van der Waals surface area contributed by atoms with Crippen LogP contribution in [0.1, 0.15) is 24.8 Å². The van der Waals surface area contributed by atoms with Crippen molar-refractivity contribution in [3.63, 3.8) is 0 Å². The van der Waals surface area contributed by atoms with E-state index in [9.17, 15) is 14.4 Å². The van der Waals surface area contributed by atoms with Gasteiger partial charge in [-0.1, -0.05) is 0 Å². The molecule has 1 atom stereocenters. The van der Waals surface area contributed by atoms with E-state index in [0.717, 1.165) is 42.5 Å². The first-order chi connectivity index (χ1) is 13.9. The number of carbonyl (C=O) groups is 3. The van der Waals surface area contributed by atoms with Gasteiger partial charge in [0.25, 0.3) is 11.1 Å². The lowest BCUT2D eigenvalue weighted by atomic mass is 10.0. The van der Waals surface area contributed by atoms with Gasteiger partial charge in [-0.2, -0.15) is 0 Å². The van der Waals surface area contributed by atoms with Gasteiger partial charge in [0.2, 0.25) is 0 Å². The molecule has 3 N–H and O–H groups in total. The van der Waals surface area contributed by atoms with Crippen LogP contribution < -0.4 is 25.4 Å². The summed E-state index contributed by atoms with van der Waals surface area (Å²) in [6, 6.07) is 3.67. The fourth-order valence-corrected chi connectivity index (χ4v) is 4.31. The molecule has 0 radical (unpaired) electrons. The van der Waals surface area contributed by atoms with E-state index in [4.69, 9.17) is 15.2 Å². The van der Waals surface area contributed by atoms with Crippen LogP contribution in [0.5, 0.6) is 11.5 Å². The van der Waals surface area contributed by atoms with E-state index in [1.165, 1.54) is 0 Å². The largest absolute Gasteiger partial charge is 0.493 e. The molecule has 2 aliphatic heterocycles. The molecule has 1 aromatic carbocycles. The highest BCUT2D eigenvalue weighted by molar-refractivity contribution is 8.18. The molecule has 2 amide bonds. The molecule has 0 spiro atoms. The lowest BCUT2D eigenvalue weighted by molar-refractivity contribution is -0.119. The van der Waals surface area contributed by atoms with Crippen LogP contribution in [0.3, 0.4) is 0 Å². The molecule has 156 valence electrons. The first-order valence-corrected chi connectivity index (χ1v) is 10.2. The highest BCUT2D eigenvalue weighted by Gasteiger charge is 2.29. The van der Waals surface area contributed by atoms with Crippen LogP contribution in [0.2, 0.25) is 0 Å². The zero-order valence-electron chi connectivity index (χ0n) is 16.5. The van der Waals surface area contributed by atoms with Crippen LogP contribution in [0.4, 0.5) is 10.5 Å². The summed E-state index contributed by atoms with van der Waals surface area (Å²) in [7, 11) is 3.11.